The molecule has 0 saturated carbocycles. The minimum atomic E-state index is -0.773. The Morgan fingerprint density at radius 3 is 1.75 bits per heavy atom. The van der Waals surface area contributed by atoms with Gasteiger partial charge in [0.2, 0.25) is 0 Å². The Labute approximate surface area is 76.9 Å². The first-order valence-corrected chi connectivity index (χ1v) is 5.80. The van der Waals surface area contributed by atoms with Crippen molar-refractivity contribution in [2.45, 2.75) is 13.8 Å². The van der Waals surface area contributed by atoms with Gasteiger partial charge in [-0.25, -0.2) is 0 Å². The summed E-state index contributed by atoms with van der Waals surface area (Å²) in [4.78, 5) is 0. The summed E-state index contributed by atoms with van der Waals surface area (Å²) in [6.45, 7) is 6.45. The van der Waals surface area contributed by atoms with Crippen molar-refractivity contribution in [3.8, 4) is 0 Å². The molecule has 0 rings (SSSR count). The predicted octanol–water partition coefficient (Wildman–Crippen LogP) is 0.808. The van der Waals surface area contributed by atoms with E-state index in [0.29, 0.717) is 37.9 Å². The van der Waals surface area contributed by atoms with E-state index < -0.39 is 10.8 Å². The fourth-order valence-electron chi connectivity index (χ4n) is 0.694. The summed E-state index contributed by atoms with van der Waals surface area (Å²) in [5.74, 6) is 1.25. The van der Waals surface area contributed by atoms with Gasteiger partial charge in [0.15, 0.2) is 0 Å². The van der Waals surface area contributed by atoms with Crippen LogP contribution in [0.2, 0.25) is 0 Å². The molecule has 4 heteroatoms. The first-order chi connectivity index (χ1) is 5.81. The third-order valence-corrected chi connectivity index (χ3v) is 2.56. The topological polar surface area (TPSA) is 35.5 Å². The van der Waals surface area contributed by atoms with Crippen molar-refractivity contribution in [2.75, 3.05) is 37.9 Å². The van der Waals surface area contributed by atoms with Crippen molar-refractivity contribution in [3.05, 3.63) is 0 Å². The summed E-state index contributed by atoms with van der Waals surface area (Å²) in [5.41, 5.74) is 0. The molecule has 0 N–H and O–H groups in total. The van der Waals surface area contributed by atoms with Crippen LogP contribution < -0.4 is 0 Å². The highest BCUT2D eigenvalue weighted by Gasteiger charge is 1.98. The lowest BCUT2D eigenvalue weighted by molar-refractivity contribution is 0.160. The standard InChI is InChI=1S/C8H18O3S/c1-3-10-5-7-12(9)8-6-11-4-2/h3-8H2,1-2H3. The second-order valence-electron chi connectivity index (χ2n) is 2.24. The van der Waals surface area contributed by atoms with Crippen molar-refractivity contribution in [2.24, 2.45) is 0 Å². The molecule has 74 valence electrons. The second kappa shape index (κ2) is 9.16. The Kier molecular flexibility index (Phi) is 9.21. The van der Waals surface area contributed by atoms with E-state index in [4.69, 9.17) is 9.47 Å². The van der Waals surface area contributed by atoms with Crippen LogP contribution in [-0.2, 0) is 20.3 Å². The number of rotatable bonds is 8. The summed E-state index contributed by atoms with van der Waals surface area (Å²) < 4.78 is 21.3. The molecule has 0 saturated heterocycles. The molecule has 0 atom stereocenters. The number of ether oxygens (including phenoxy) is 2. The monoisotopic (exact) mass is 194 g/mol. The molecule has 12 heavy (non-hydrogen) atoms. The molecular formula is C8H18O3S. The molecule has 0 aromatic carbocycles. The lowest BCUT2D eigenvalue weighted by atomic mass is 10.8. The second-order valence-corrected chi connectivity index (χ2v) is 3.94. The zero-order chi connectivity index (χ0) is 9.23. The fourth-order valence-corrected chi connectivity index (χ4v) is 1.51. The zero-order valence-corrected chi connectivity index (χ0v) is 8.69. The molecule has 0 aliphatic heterocycles. The van der Waals surface area contributed by atoms with Gasteiger partial charge in [0.1, 0.15) is 0 Å². The van der Waals surface area contributed by atoms with Crippen LogP contribution in [-0.4, -0.2) is 42.1 Å². The molecule has 0 bridgehead atoms. The predicted molar refractivity (Wildman–Crippen MR) is 50.9 cm³/mol. The van der Waals surface area contributed by atoms with Gasteiger partial charge in [0.25, 0.3) is 0 Å². The van der Waals surface area contributed by atoms with E-state index in [9.17, 15) is 4.21 Å². The Bertz CT molecular complexity index is 105. The first kappa shape index (κ1) is 12.1. The molecule has 0 unspecified atom stereocenters. The summed E-state index contributed by atoms with van der Waals surface area (Å²) >= 11 is 0. The van der Waals surface area contributed by atoms with Crippen LogP contribution in [0.3, 0.4) is 0 Å². The third-order valence-electron chi connectivity index (χ3n) is 1.32. The van der Waals surface area contributed by atoms with Crippen LogP contribution in [0.4, 0.5) is 0 Å². The maximum atomic E-state index is 11.1. The van der Waals surface area contributed by atoms with E-state index in [1.807, 2.05) is 13.8 Å². The van der Waals surface area contributed by atoms with Gasteiger partial charge in [0, 0.05) is 35.5 Å². The van der Waals surface area contributed by atoms with E-state index >= 15 is 0 Å². The SMILES string of the molecule is CCOCCS(=O)CCOCC. The van der Waals surface area contributed by atoms with Gasteiger partial charge in [-0.1, -0.05) is 0 Å². The Morgan fingerprint density at radius 1 is 1.00 bits per heavy atom. The van der Waals surface area contributed by atoms with Crippen LogP contribution in [0.1, 0.15) is 13.8 Å². The summed E-state index contributed by atoms with van der Waals surface area (Å²) in [7, 11) is -0.773. The number of hydrogen-bond donors (Lipinski definition) is 0. The van der Waals surface area contributed by atoms with Gasteiger partial charge in [-0.3, -0.25) is 4.21 Å². The minimum Gasteiger partial charge on any atom is -0.381 e. The molecule has 0 aromatic heterocycles. The van der Waals surface area contributed by atoms with E-state index in [1.165, 1.54) is 0 Å². The average molecular weight is 194 g/mol. The Hall–Kier alpha value is 0.0700. The molecule has 0 fully saturated rings. The highest BCUT2D eigenvalue weighted by molar-refractivity contribution is 7.85. The number of hydrogen-bond acceptors (Lipinski definition) is 3. The minimum absolute atomic E-state index is 0.592. The van der Waals surface area contributed by atoms with Crippen LogP contribution in [0.5, 0.6) is 0 Å². The van der Waals surface area contributed by atoms with Crippen LogP contribution in [0.15, 0.2) is 0 Å². The molecule has 0 spiro atoms. The van der Waals surface area contributed by atoms with Crippen LogP contribution in [0.25, 0.3) is 0 Å². The largest absolute Gasteiger partial charge is 0.381 e. The van der Waals surface area contributed by atoms with Crippen LogP contribution >= 0.6 is 0 Å². The molecule has 0 amide bonds. The molecule has 3 nitrogen and oxygen atoms in total. The lowest BCUT2D eigenvalue weighted by Gasteiger charge is -2.02. The normalized spacial score (nSPS) is 10.9. The van der Waals surface area contributed by atoms with Crippen molar-refractivity contribution in [1.29, 1.82) is 0 Å². The van der Waals surface area contributed by atoms with E-state index in [2.05, 4.69) is 0 Å². The maximum absolute atomic E-state index is 11.1. The fraction of sp³-hybridized carbons (Fsp3) is 1.00. The molecule has 0 aromatic rings. The molecule has 0 radical (unpaired) electrons. The van der Waals surface area contributed by atoms with Gasteiger partial charge in [-0.15, -0.1) is 0 Å². The van der Waals surface area contributed by atoms with Crippen molar-refractivity contribution in [3.63, 3.8) is 0 Å². The van der Waals surface area contributed by atoms with Gasteiger partial charge in [-0.2, -0.15) is 0 Å². The quantitative estimate of drug-likeness (QED) is 0.536. The van der Waals surface area contributed by atoms with Gasteiger partial charge in [-0.05, 0) is 13.8 Å². The maximum Gasteiger partial charge on any atom is 0.0581 e. The molecule has 0 heterocycles. The smallest absolute Gasteiger partial charge is 0.0581 e. The lowest BCUT2D eigenvalue weighted by Crippen LogP contribution is -2.12. The molecule has 0 aliphatic rings. The average Bonchev–Trinajstić information content (AvgIpc) is 2.06. The van der Waals surface area contributed by atoms with Crippen molar-refractivity contribution < 1.29 is 13.7 Å². The third kappa shape index (κ3) is 8.17. The van der Waals surface area contributed by atoms with Gasteiger partial charge in [0.05, 0.1) is 13.2 Å². The van der Waals surface area contributed by atoms with Crippen molar-refractivity contribution in [1.82, 2.24) is 0 Å². The first-order valence-electron chi connectivity index (χ1n) is 4.31. The highest BCUT2D eigenvalue weighted by Crippen LogP contribution is 1.85. The summed E-state index contributed by atoms with van der Waals surface area (Å²) in [5, 5.41) is 0. The molecule has 0 aliphatic carbocycles. The summed E-state index contributed by atoms with van der Waals surface area (Å²) in [6.07, 6.45) is 0. The van der Waals surface area contributed by atoms with E-state index in [-0.39, 0.29) is 0 Å². The molecular weight excluding hydrogens is 176 g/mol. The van der Waals surface area contributed by atoms with Gasteiger partial charge < -0.3 is 9.47 Å². The van der Waals surface area contributed by atoms with E-state index in [0.717, 1.165) is 0 Å². The Morgan fingerprint density at radius 2 is 1.42 bits per heavy atom. The van der Waals surface area contributed by atoms with Crippen molar-refractivity contribution >= 4 is 10.8 Å². The van der Waals surface area contributed by atoms with Crippen LogP contribution in [0, 0.1) is 0 Å². The van der Waals surface area contributed by atoms with Gasteiger partial charge >= 0.3 is 0 Å². The Balaban J connectivity index is 3.10. The zero-order valence-electron chi connectivity index (χ0n) is 7.88. The summed E-state index contributed by atoms with van der Waals surface area (Å²) in [6, 6.07) is 0. The van der Waals surface area contributed by atoms with E-state index in [1.54, 1.807) is 0 Å². The highest BCUT2D eigenvalue weighted by atomic mass is 32.2.